The molecule has 0 aromatic heterocycles. The summed E-state index contributed by atoms with van der Waals surface area (Å²) in [5.41, 5.74) is 3.84. The first-order valence-corrected chi connectivity index (χ1v) is 4.40. The van der Waals surface area contributed by atoms with E-state index < -0.39 is 0 Å². The molecule has 0 spiro atoms. The summed E-state index contributed by atoms with van der Waals surface area (Å²) < 4.78 is 0. The molecule has 0 bridgehead atoms. The highest BCUT2D eigenvalue weighted by Crippen LogP contribution is 2.17. The van der Waals surface area contributed by atoms with Crippen molar-refractivity contribution in [2.24, 2.45) is 4.99 Å². The molecule has 3 N–H and O–H groups in total. The van der Waals surface area contributed by atoms with Gasteiger partial charge in [0.2, 0.25) is 5.96 Å². The molecule has 0 saturated carbocycles. The molecule has 1 atom stereocenters. The number of guanidine groups is 1. The van der Waals surface area contributed by atoms with Crippen LogP contribution >= 0.6 is 0 Å². The van der Waals surface area contributed by atoms with Gasteiger partial charge in [0.1, 0.15) is 12.2 Å². The zero-order valence-electron chi connectivity index (χ0n) is 7.82. The van der Waals surface area contributed by atoms with Gasteiger partial charge in [0.25, 0.3) is 0 Å². The molecule has 0 fully saturated rings. The summed E-state index contributed by atoms with van der Waals surface area (Å²) in [4.78, 5) is 3.86. The van der Waals surface area contributed by atoms with Crippen LogP contribution in [-0.4, -0.2) is 12.5 Å². The number of hydrogen-bond donors (Lipinski definition) is 3. The average Bonchev–Trinajstić information content (AvgIpc) is 2.26. The van der Waals surface area contributed by atoms with Crippen molar-refractivity contribution in [1.82, 2.24) is 5.43 Å². The highest BCUT2D eigenvalue weighted by molar-refractivity contribution is 5.96. The zero-order valence-corrected chi connectivity index (χ0v) is 7.82. The standard InChI is InChI=1S/C9H9N5O/c10-5-6-11-9-12-7-3-1-2-4-8(7)14(15)13-9/h1-4,14H,6H2,(H2,11,12,13). The van der Waals surface area contributed by atoms with Crippen molar-refractivity contribution in [2.75, 3.05) is 11.9 Å². The fourth-order valence-corrected chi connectivity index (χ4v) is 1.32. The van der Waals surface area contributed by atoms with Crippen LogP contribution < -0.4 is 15.9 Å². The molecule has 1 aromatic rings. The van der Waals surface area contributed by atoms with Crippen LogP contribution in [0.5, 0.6) is 0 Å². The van der Waals surface area contributed by atoms with Crippen LogP contribution in [0.15, 0.2) is 29.3 Å². The third-order valence-corrected chi connectivity index (χ3v) is 1.96. The summed E-state index contributed by atoms with van der Waals surface area (Å²) >= 11 is 0. The molecular formula is C9H9N5O. The molecule has 0 radical (unpaired) electrons. The quantitative estimate of drug-likeness (QED) is 0.424. The fourth-order valence-electron chi connectivity index (χ4n) is 1.32. The van der Waals surface area contributed by atoms with Crippen LogP contribution in [0.2, 0.25) is 0 Å². The lowest BCUT2D eigenvalue weighted by atomic mass is 10.2. The van der Waals surface area contributed by atoms with E-state index in [0.717, 1.165) is 0 Å². The van der Waals surface area contributed by atoms with Crippen molar-refractivity contribution < 1.29 is 5.17 Å². The molecular weight excluding hydrogens is 194 g/mol. The average molecular weight is 203 g/mol. The summed E-state index contributed by atoms with van der Waals surface area (Å²) in [6.07, 6.45) is 0. The molecule has 76 valence electrons. The van der Waals surface area contributed by atoms with Gasteiger partial charge in [0.15, 0.2) is 5.69 Å². The predicted molar refractivity (Wildman–Crippen MR) is 55.1 cm³/mol. The Labute approximate surface area is 86.4 Å². The maximum atomic E-state index is 11.5. The Hall–Kier alpha value is -2.10. The van der Waals surface area contributed by atoms with Crippen LogP contribution in [0.25, 0.3) is 0 Å². The second-order valence-electron chi connectivity index (χ2n) is 2.95. The maximum absolute atomic E-state index is 11.5. The Morgan fingerprint density at radius 1 is 1.47 bits per heavy atom. The van der Waals surface area contributed by atoms with E-state index in [0.29, 0.717) is 17.3 Å². The van der Waals surface area contributed by atoms with Gasteiger partial charge in [-0.25, -0.2) is 10.2 Å². The molecule has 1 aromatic carbocycles. The number of rotatable bonds is 1. The largest absolute Gasteiger partial charge is 0.603 e. The second-order valence-corrected chi connectivity index (χ2v) is 2.95. The number of para-hydroxylation sites is 2. The number of benzene rings is 1. The Morgan fingerprint density at radius 2 is 2.27 bits per heavy atom. The smallest absolute Gasteiger partial charge is 0.244 e. The third kappa shape index (κ3) is 1.88. The van der Waals surface area contributed by atoms with E-state index in [9.17, 15) is 5.21 Å². The Morgan fingerprint density at radius 3 is 3.07 bits per heavy atom. The molecule has 0 saturated heterocycles. The van der Waals surface area contributed by atoms with Crippen molar-refractivity contribution in [2.45, 2.75) is 0 Å². The summed E-state index contributed by atoms with van der Waals surface area (Å²) in [5, 5.41) is 22.6. The topological polar surface area (TPSA) is 87.7 Å². The van der Waals surface area contributed by atoms with Crippen LogP contribution in [0, 0.1) is 16.5 Å². The van der Waals surface area contributed by atoms with Gasteiger partial charge in [-0.3, -0.25) is 0 Å². The number of nitrogens with one attached hydrogen (secondary N) is 3. The third-order valence-electron chi connectivity index (χ3n) is 1.96. The zero-order chi connectivity index (χ0) is 10.7. The summed E-state index contributed by atoms with van der Waals surface area (Å²) in [5.74, 6) is 0.320. The first-order valence-electron chi connectivity index (χ1n) is 4.40. The van der Waals surface area contributed by atoms with Gasteiger partial charge in [-0.2, -0.15) is 10.7 Å². The number of hydrogen-bond acceptors (Lipinski definition) is 3. The van der Waals surface area contributed by atoms with E-state index in [4.69, 9.17) is 5.26 Å². The number of fused-ring (bicyclic) bond motifs is 1. The molecule has 6 heteroatoms. The van der Waals surface area contributed by atoms with Crippen LogP contribution in [0.1, 0.15) is 0 Å². The van der Waals surface area contributed by atoms with Crippen molar-refractivity contribution in [3.05, 3.63) is 29.5 Å². The number of quaternary nitrogens is 1. The van der Waals surface area contributed by atoms with Gasteiger partial charge in [-0.05, 0) is 6.07 Å². The van der Waals surface area contributed by atoms with Crippen LogP contribution in [0.4, 0.5) is 11.4 Å². The van der Waals surface area contributed by atoms with E-state index in [2.05, 4.69) is 15.7 Å². The van der Waals surface area contributed by atoms with E-state index in [1.165, 1.54) is 0 Å². The van der Waals surface area contributed by atoms with E-state index in [-0.39, 0.29) is 11.7 Å². The van der Waals surface area contributed by atoms with Crippen LogP contribution in [0.3, 0.4) is 0 Å². The second kappa shape index (κ2) is 3.96. The Balaban J connectivity index is 2.27. The number of aliphatic imine (C=N–C) groups is 1. The Kier molecular flexibility index (Phi) is 2.49. The van der Waals surface area contributed by atoms with Crippen molar-refractivity contribution >= 4 is 17.3 Å². The highest BCUT2D eigenvalue weighted by Gasteiger charge is 2.18. The summed E-state index contributed by atoms with van der Waals surface area (Å²) in [6, 6.07) is 9.00. The van der Waals surface area contributed by atoms with Crippen molar-refractivity contribution in [3.8, 4) is 6.07 Å². The molecule has 1 heterocycles. The highest BCUT2D eigenvalue weighted by atomic mass is 16.5. The lowest BCUT2D eigenvalue weighted by molar-refractivity contribution is -0.816. The van der Waals surface area contributed by atoms with Gasteiger partial charge in [0.05, 0.1) is 6.07 Å². The minimum absolute atomic E-state index is 0.0186. The van der Waals surface area contributed by atoms with Gasteiger partial charge in [-0.1, -0.05) is 12.1 Å². The fraction of sp³-hybridized carbons (Fsp3) is 0.111. The monoisotopic (exact) mass is 203 g/mol. The van der Waals surface area contributed by atoms with Gasteiger partial charge in [0, 0.05) is 6.07 Å². The summed E-state index contributed by atoms with van der Waals surface area (Å²) in [7, 11) is 0. The number of nitriles is 1. The maximum Gasteiger partial charge on any atom is 0.244 e. The lowest BCUT2D eigenvalue weighted by Gasteiger charge is -2.29. The first kappa shape index (κ1) is 9.45. The molecule has 1 aliphatic heterocycles. The van der Waals surface area contributed by atoms with E-state index >= 15 is 0 Å². The Bertz CT molecular complexity index is 436. The first-order chi connectivity index (χ1) is 7.31. The molecule has 6 nitrogen and oxygen atoms in total. The van der Waals surface area contributed by atoms with Gasteiger partial charge < -0.3 is 10.5 Å². The minimum Gasteiger partial charge on any atom is -0.603 e. The molecule has 2 rings (SSSR count). The number of nitrogens with zero attached hydrogens (tertiary/aromatic N) is 2. The SMILES string of the molecule is N#CCN=C1Nc2ccccc2[NH+]([O-])N1. The van der Waals surface area contributed by atoms with Crippen molar-refractivity contribution in [3.63, 3.8) is 0 Å². The van der Waals surface area contributed by atoms with Crippen molar-refractivity contribution in [1.29, 1.82) is 5.26 Å². The van der Waals surface area contributed by atoms with E-state index in [1.54, 1.807) is 18.2 Å². The predicted octanol–water partition coefficient (Wildman–Crippen LogP) is -0.490. The molecule has 0 aliphatic carbocycles. The molecule has 1 aliphatic rings. The number of anilines is 1. The molecule has 0 amide bonds. The van der Waals surface area contributed by atoms with Gasteiger partial charge >= 0.3 is 0 Å². The van der Waals surface area contributed by atoms with Crippen LogP contribution in [-0.2, 0) is 0 Å². The summed E-state index contributed by atoms with van der Waals surface area (Å²) in [6.45, 7) is 0.0186. The van der Waals surface area contributed by atoms with Gasteiger partial charge in [-0.15, -0.1) is 0 Å². The lowest BCUT2D eigenvalue weighted by Crippen LogP contribution is -3.11. The molecule has 15 heavy (non-hydrogen) atoms. The minimum atomic E-state index is -0.207. The van der Waals surface area contributed by atoms with E-state index in [1.807, 2.05) is 12.1 Å². The normalized spacial score (nSPS) is 21.1. The molecule has 1 unspecified atom stereocenters.